The van der Waals surface area contributed by atoms with E-state index >= 15 is 0 Å². The van der Waals surface area contributed by atoms with Crippen LogP contribution in [0, 0.1) is 23.7 Å². The van der Waals surface area contributed by atoms with Gasteiger partial charge in [-0.3, -0.25) is 9.59 Å². The lowest BCUT2D eigenvalue weighted by Crippen LogP contribution is -2.54. The normalized spacial score (nSPS) is 17.5. The summed E-state index contributed by atoms with van der Waals surface area (Å²) >= 11 is 0. The Hall–Kier alpha value is -3.68. The van der Waals surface area contributed by atoms with E-state index in [2.05, 4.69) is 16.9 Å². The van der Waals surface area contributed by atoms with Crippen LogP contribution in [0.3, 0.4) is 0 Å². The Labute approximate surface area is 206 Å². The van der Waals surface area contributed by atoms with Crippen LogP contribution in [-0.4, -0.2) is 61.0 Å². The number of terminal acetylenes is 1. The first-order valence-corrected chi connectivity index (χ1v) is 12.0. The number of nitrogens with zero attached hydrogens (tertiary/aromatic N) is 4. The predicted octanol–water partition coefficient (Wildman–Crippen LogP) is 3.32. The molecule has 0 unspecified atom stereocenters. The molecule has 1 atom stereocenters. The predicted molar refractivity (Wildman–Crippen MR) is 134 cm³/mol. The highest BCUT2D eigenvalue weighted by Gasteiger charge is 2.33. The van der Waals surface area contributed by atoms with E-state index in [1.54, 1.807) is 7.11 Å². The molecule has 0 spiro atoms. The number of carbonyl (C=O) groups excluding carboxylic acids is 2. The molecular weight excluding hydrogens is 440 g/mol. The van der Waals surface area contributed by atoms with Crippen LogP contribution in [0.25, 0.3) is 11.1 Å². The van der Waals surface area contributed by atoms with Crippen LogP contribution in [0.4, 0.5) is 5.82 Å². The molecule has 2 aromatic rings. The van der Waals surface area contributed by atoms with Crippen LogP contribution >= 0.6 is 0 Å². The second-order valence-electron chi connectivity index (χ2n) is 9.25. The number of rotatable bonds is 8. The van der Waals surface area contributed by atoms with Gasteiger partial charge in [-0.05, 0) is 42.9 Å². The van der Waals surface area contributed by atoms with E-state index in [4.69, 9.17) is 16.1 Å². The molecule has 1 aliphatic heterocycles. The lowest BCUT2D eigenvalue weighted by atomic mass is 9.96. The van der Waals surface area contributed by atoms with Gasteiger partial charge in [0.1, 0.15) is 11.9 Å². The van der Waals surface area contributed by atoms with Crippen LogP contribution in [0.5, 0.6) is 0 Å². The molecule has 1 aromatic carbocycles. The van der Waals surface area contributed by atoms with Gasteiger partial charge in [0.15, 0.2) is 0 Å². The second-order valence-corrected chi connectivity index (χ2v) is 9.25. The number of hydrogen-bond donors (Lipinski definition) is 0. The molecule has 7 nitrogen and oxygen atoms in total. The summed E-state index contributed by atoms with van der Waals surface area (Å²) in [5.74, 6) is 3.05. The third-order valence-electron chi connectivity index (χ3n) is 6.65. The van der Waals surface area contributed by atoms with E-state index in [9.17, 15) is 14.9 Å². The number of benzene rings is 1. The maximum atomic E-state index is 12.5. The molecule has 0 N–H and O–H groups in total. The Morgan fingerprint density at radius 1 is 1.26 bits per heavy atom. The zero-order valence-electron chi connectivity index (χ0n) is 20.3. The fourth-order valence-electron chi connectivity index (χ4n) is 4.68. The molecule has 0 bridgehead atoms. The standard InChI is InChI=1S/C28H30N4O3/c1-4-24(33)15-20-6-5-7-22(14-20)25-16-23(17-29)28(30-27(25)21-8-9-21)31-11-12-32(19(2)18-31)26(34)10-13-35-3/h1,5-7,14,16,19,21H,8-13,15,18H2,2-3H3/t19-/m1/s1. The molecular formula is C28H30N4O3. The molecule has 7 heteroatoms. The molecule has 1 aromatic heterocycles. The van der Waals surface area contributed by atoms with Crippen molar-refractivity contribution in [1.29, 1.82) is 5.26 Å². The van der Waals surface area contributed by atoms with Gasteiger partial charge in [-0.1, -0.05) is 24.3 Å². The molecule has 4 rings (SSSR count). The van der Waals surface area contributed by atoms with Crippen LogP contribution in [0.15, 0.2) is 30.3 Å². The first-order chi connectivity index (χ1) is 16.9. The monoisotopic (exact) mass is 470 g/mol. The van der Waals surface area contributed by atoms with Crippen LogP contribution in [0.2, 0.25) is 0 Å². The molecule has 1 amide bonds. The van der Waals surface area contributed by atoms with Crippen molar-refractivity contribution in [2.45, 2.75) is 44.6 Å². The third kappa shape index (κ3) is 5.53. The average molecular weight is 471 g/mol. The topological polar surface area (TPSA) is 86.5 Å². The van der Waals surface area contributed by atoms with Crippen molar-refractivity contribution in [3.05, 3.63) is 47.2 Å². The summed E-state index contributed by atoms with van der Waals surface area (Å²) in [5, 5.41) is 10.0. The van der Waals surface area contributed by atoms with E-state index in [0.29, 0.717) is 50.0 Å². The van der Waals surface area contributed by atoms with Crippen molar-refractivity contribution < 1.29 is 14.3 Å². The Kier molecular flexibility index (Phi) is 7.48. The van der Waals surface area contributed by atoms with E-state index < -0.39 is 0 Å². The lowest BCUT2D eigenvalue weighted by molar-refractivity contribution is -0.134. The molecule has 1 aliphatic carbocycles. The first-order valence-electron chi connectivity index (χ1n) is 12.0. The number of nitriles is 1. The smallest absolute Gasteiger partial charge is 0.225 e. The summed E-state index contributed by atoms with van der Waals surface area (Å²) in [6.45, 7) is 4.27. The number of amides is 1. The van der Waals surface area contributed by atoms with Crippen LogP contribution in [0.1, 0.15) is 48.9 Å². The molecule has 1 saturated heterocycles. The minimum absolute atomic E-state index is 0.0101. The van der Waals surface area contributed by atoms with Crippen molar-refractivity contribution in [3.8, 4) is 29.5 Å². The Morgan fingerprint density at radius 3 is 2.71 bits per heavy atom. The van der Waals surface area contributed by atoms with Crippen molar-refractivity contribution in [3.63, 3.8) is 0 Å². The SMILES string of the molecule is C#CC(=O)Cc1cccc(-c2cc(C#N)c(N3CCN(C(=O)CCOC)[C@H](C)C3)nc2C2CC2)c1. The van der Waals surface area contributed by atoms with Crippen molar-refractivity contribution in [2.75, 3.05) is 38.3 Å². The molecule has 0 radical (unpaired) electrons. The number of aromatic nitrogens is 1. The number of Topliss-reactive ketones (excluding diaryl/α,β-unsaturated/α-hetero) is 1. The van der Waals surface area contributed by atoms with Gasteiger partial charge in [-0.2, -0.15) is 5.26 Å². The molecule has 1 saturated carbocycles. The van der Waals surface area contributed by atoms with Crippen molar-refractivity contribution in [1.82, 2.24) is 9.88 Å². The maximum absolute atomic E-state index is 12.5. The number of hydrogen-bond acceptors (Lipinski definition) is 6. The summed E-state index contributed by atoms with van der Waals surface area (Å²) in [7, 11) is 1.60. The van der Waals surface area contributed by atoms with Gasteiger partial charge >= 0.3 is 0 Å². The van der Waals surface area contributed by atoms with Gasteiger partial charge in [0.2, 0.25) is 11.7 Å². The highest BCUT2D eigenvalue weighted by Crippen LogP contribution is 2.45. The summed E-state index contributed by atoms with van der Waals surface area (Å²) in [5.41, 5.74) is 4.22. The second kappa shape index (κ2) is 10.7. The highest BCUT2D eigenvalue weighted by atomic mass is 16.5. The molecule has 180 valence electrons. The minimum atomic E-state index is -0.260. The zero-order valence-corrected chi connectivity index (χ0v) is 20.3. The number of ketones is 1. The van der Waals surface area contributed by atoms with E-state index in [-0.39, 0.29) is 24.2 Å². The summed E-state index contributed by atoms with van der Waals surface area (Å²) in [4.78, 5) is 33.3. The van der Waals surface area contributed by atoms with Crippen LogP contribution < -0.4 is 4.90 Å². The maximum Gasteiger partial charge on any atom is 0.225 e. The fraction of sp³-hybridized carbons (Fsp3) is 0.429. The number of ether oxygens (including phenoxy) is 1. The van der Waals surface area contributed by atoms with Crippen LogP contribution in [-0.2, 0) is 20.7 Å². The number of methoxy groups -OCH3 is 1. The van der Waals surface area contributed by atoms with Gasteiger partial charge < -0.3 is 14.5 Å². The van der Waals surface area contributed by atoms with Crippen molar-refractivity contribution >= 4 is 17.5 Å². The quantitative estimate of drug-likeness (QED) is 0.435. The van der Waals surface area contributed by atoms with Gasteiger partial charge in [0.25, 0.3) is 0 Å². The lowest BCUT2D eigenvalue weighted by Gasteiger charge is -2.41. The van der Waals surface area contributed by atoms with E-state index in [0.717, 1.165) is 35.2 Å². The number of carbonyl (C=O) groups is 2. The minimum Gasteiger partial charge on any atom is -0.384 e. The van der Waals surface area contributed by atoms with E-state index in [1.165, 1.54) is 0 Å². The van der Waals surface area contributed by atoms with Gasteiger partial charge in [-0.25, -0.2) is 4.98 Å². The first kappa shape index (κ1) is 24.4. The Morgan fingerprint density at radius 2 is 2.06 bits per heavy atom. The summed E-state index contributed by atoms with van der Waals surface area (Å²) < 4.78 is 5.05. The molecule has 35 heavy (non-hydrogen) atoms. The van der Waals surface area contributed by atoms with Gasteiger partial charge in [0, 0.05) is 50.7 Å². The molecule has 2 aliphatic rings. The Bertz CT molecular complexity index is 1210. The van der Waals surface area contributed by atoms with Crippen molar-refractivity contribution in [2.24, 2.45) is 0 Å². The zero-order chi connectivity index (χ0) is 24.9. The van der Waals surface area contributed by atoms with Gasteiger partial charge in [0.05, 0.1) is 24.3 Å². The fourth-order valence-corrected chi connectivity index (χ4v) is 4.68. The third-order valence-corrected chi connectivity index (χ3v) is 6.65. The number of piperazine rings is 1. The number of pyridine rings is 1. The Balaban J connectivity index is 1.63. The highest BCUT2D eigenvalue weighted by molar-refractivity contribution is 5.96. The summed E-state index contributed by atoms with van der Waals surface area (Å²) in [6, 6.07) is 12.0. The number of anilines is 1. The summed E-state index contributed by atoms with van der Waals surface area (Å²) in [6.07, 6.45) is 7.94. The van der Waals surface area contributed by atoms with Gasteiger partial charge in [-0.15, -0.1) is 6.42 Å². The molecule has 2 fully saturated rings. The molecule has 2 heterocycles. The average Bonchev–Trinajstić information content (AvgIpc) is 3.72. The van der Waals surface area contributed by atoms with E-state index in [1.807, 2.05) is 42.2 Å². The largest absolute Gasteiger partial charge is 0.384 e.